The highest BCUT2D eigenvalue weighted by Crippen LogP contribution is 2.28. The van der Waals surface area contributed by atoms with Crippen LogP contribution in [-0.4, -0.2) is 34.4 Å². The lowest BCUT2D eigenvalue weighted by molar-refractivity contribution is 0.0761. The molecule has 2 atom stereocenters. The van der Waals surface area contributed by atoms with Crippen LogP contribution in [0.2, 0.25) is 0 Å². The Hall–Kier alpha value is -1.94. The van der Waals surface area contributed by atoms with Gasteiger partial charge >= 0.3 is 0 Å². The summed E-state index contributed by atoms with van der Waals surface area (Å²) in [7, 11) is -1.01. The van der Waals surface area contributed by atoms with Crippen LogP contribution >= 0.6 is 0 Å². The summed E-state index contributed by atoms with van der Waals surface area (Å²) in [6.45, 7) is 1.60. The van der Waals surface area contributed by atoms with E-state index in [1.807, 2.05) is 11.0 Å². The monoisotopic (exact) mass is 341 g/mol. The van der Waals surface area contributed by atoms with Crippen molar-refractivity contribution >= 4 is 16.7 Å². The number of carbonyl (C=O) groups excluding carboxylic acids is 1. The van der Waals surface area contributed by atoms with Gasteiger partial charge in [0.15, 0.2) is 0 Å². The van der Waals surface area contributed by atoms with Crippen LogP contribution in [-0.2, 0) is 10.8 Å². The van der Waals surface area contributed by atoms with Crippen molar-refractivity contribution in [3.05, 3.63) is 65.7 Å². The lowest BCUT2D eigenvalue weighted by Gasteiger charge is -2.21. The SMILES string of the molecule is CS(=O)c1ccc(C(=O)N2CCCC(c3ccccc3)CC2)cc1. The molecule has 1 fully saturated rings. The Bertz CT molecular complexity index is 712. The van der Waals surface area contributed by atoms with E-state index in [-0.39, 0.29) is 5.91 Å². The van der Waals surface area contributed by atoms with Gasteiger partial charge in [0.2, 0.25) is 0 Å². The van der Waals surface area contributed by atoms with E-state index in [9.17, 15) is 9.00 Å². The van der Waals surface area contributed by atoms with Crippen molar-refractivity contribution in [1.82, 2.24) is 4.90 Å². The molecule has 0 bridgehead atoms. The standard InChI is InChI=1S/C20H23NO2S/c1-24(23)19-11-9-18(10-12-19)20(22)21-14-5-8-17(13-15-21)16-6-3-2-4-7-16/h2-4,6-7,9-12,17H,5,8,13-15H2,1H3. The molecule has 0 N–H and O–H groups in total. The topological polar surface area (TPSA) is 37.4 Å². The molecule has 1 saturated heterocycles. The molecule has 1 aliphatic rings. The Labute approximate surface area is 146 Å². The summed E-state index contributed by atoms with van der Waals surface area (Å²) in [5, 5.41) is 0. The fourth-order valence-electron chi connectivity index (χ4n) is 3.33. The first-order valence-electron chi connectivity index (χ1n) is 8.43. The average molecular weight is 341 g/mol. The summed E-state index contributed by atoms with van der Waals surface area (Å²) >= 11 is 0. The highest BCUT2D eigenvalue weighted by Gasteiger charge is 2.22. The minimum absolute atomic E-state index is 0.0807. The molecule has 0 radical (unpaired) electrons. The predicted molar refractivity (Wildman–Crippen MR) is 97.7 cm³/mol. The summed E-state index contributed by atoms with van der Waals surface area (Å²) < 4.78 is 11.5. The van der Waals surface area contributed by atoms with Crippen molar-refractivity contribution in [1.29, 1.82) is 0 Å². The van der Waals surface area contributed by atoms with E-state index in [0.29, 0.717) is 11.5 Å². The van der Waals surface area contributed by atoms with E-state index < -0.39 is 10.8 Å². The third-order valence-electron chi connectivity index (χ3n) is 4.72. The van der Waals surface area contributed by atoms with E-state index >= 15 is 0 Å². The quantitative estimate of drug-likeness (QED) is 0.851. The third kappa shape index (κ3) is 3.93. The molecular weight excluding hydrogens is 318 g/mol. The van der Waals surface area contributed by atoms with Crippen LogP contribution in [0.1, 0.15) is 41.1 Å². The van der Waals surface area contributed by atoms with Crippen LogP contribution in [0.5, 0.6) is 0 Å². The summed E-state index contributed by atoms with van der Waals surface area (Å²) in [5.74, 6) is 0.617. The fraction of sp³-hybridized carbons (Fsp3) is 0.350. The second-order valence-electron chi connectivity index (χ2n) is 6.31. The van der Waals surface area contributed by atoms with Crippen molar-refractivity contribution in [3.63, 3.8) is 0 Å². The zero-order valence-electron chi connectivity index (χ0n) is 14.0. The number of nitrogens with zero attached hydrogens (tertiary/aromatic N) is 1. The Morgan fingerprint density at radius 2 is 1.71 bits per heavy atom. The number of benzene rings is 2. The maximum Gasteiger partial charge on any atom is 0.253 e. The zero-order valence-corrected chi connectivity index (χ0v) is 14.8. The fourth-order valence-corrected chi connectivity index (χ4v) is 3.85. The van der Waals surface area contributed by atoms with Crippen LogP contribution in [0.15, 0.2) is 59.5 Å². The number of amides is 1. The highest BCUT2D eigenvalue weighted by atomic mass is 32.2. The molecule has 24 heavy (non-hydrogen) atoms. The van der Waals surface area contributed by atoms with Gasteiger partial charge in [-0.25, -0.2) is 0 Å². The first-order valence-corrected chi connectivity index (χ1v) is 9.98. The van der Waals surface area contributed by atoms with Crippen molar-refractivity contribution in [3.8, 4) is 0 Å². The van der Waals surface area contributed by atoms with E-state index in [4.69, 9.17) is 0 Å². The van der Waals surface area contributed by atoms with Gasteiger partial charge in [-0.15, -0.1) is 0 Å². The van der Waals surface area contributed by atoms with Crippen LogP contribution in [0.4, 0.5) is 0 Å². The summed E-state index contributed by atoms with van der Waals surface area (Å²) in [6.07, 6.45) is 4.81. The summed E-state index contributed by atoms with van der Waals surface area (Å²) in [4.78, 5) is 15.4. The maximum atomic E-state index is 12.7. The van der Waals surface area contributed by atoms with Gasteiger partial charge in [0.05, 0.1) is 0 Å². The van der Waals surface area contributed by atoms with Gasteiger partial charge in [-0.05, 0) is 55.0 Å². The van der Waals surface area contributed by atoms with Crippen molar-refractivity contribution in [2.75, 3.05) is 19.3 Å². The molecule has 1 heterocycles. The normalized spacial score (nSPS) is 19.5. The van der Waals surface area contributed by atoms with Crippen molar-refractivity contribution in [2.45, 2.75) is 30.1 Å². The number of hydrogen-bond donors (Lipinski definition) is 0. The van der Waals surface area contributed by atoms with Crippen LogP contribution in [0.3, 0.4) is 0 Å². The van der Waals surface area contributed by atoms with Gasteiger partial charge in [-0.2, -0.15) is 0 Å². The molecule has 2 aromatic rings. The van der Waals surface area contributed by atoms with Gasteiger partial charge in [-0.3, -0.25) is 9.00 Å². The Kier molecular flexibility index (Phi) is 5.46. The molecule has 0 aromatic heterocycles. The lowest BCUT2D eigenvalue weighted by atomic mass is 9.92. The molecule has 4 heteroatoms. The number of rotatable bonds is 3. The number of carbonyl (C=O) groups is 1. The Morgan fingerprint density at radius 3 is 2.38 bits per heavy atom. The second-order valence-corrected chi connectivity index (χ2v) is 7.69. The van der Waals surface area contributed by atoms with Gasteiger partial charge in [-0.1, -0.05) is 30.3 Å². The smallest absolute Gasteiger partial charge is 0.253 e. The van der Waals surface area contributed by atoms with Gasteiger partial charge < -0.3 is 4.90 Å². The molecule has 3 nitrogen and oxygen atoms in total. The zero-order chi connectivity index (χ0) is 16.9. The highest BCUT2D eigenvalue weighted by molar-refractivity contribution is 7.84. The Balaban J connectivity index is 1.67. The summed E-state index contributed by atoms with van der Waals surface area (Å²) in [5.41, 5.74) is 2.06. The molecular formula is C20H23NO2S. The largest absolute Gasteiger partial charge is 0.339 e. The summed E-state index contributed by atoms with van der Waals surface area (Å²) in [6, 6.07) is 17.7. The predicted octanol–water partition coefficient (Wildman–Crippen LogP) is 3.83. The molecule has 1 aliphatic heterocycles. The average Bonchev–Trinajstić information content (AvgIpc) is 2.88. The molecule has 1 amide bonds. The Morgan fingerprint density at radius 1 is 1.00 bits per heavy atom. The van der Waals surface area contributed by atoms with Gasteiger partial charge in [0.25, 0.3) is 5.91 Å². The minimum Gasteiger partial charge on any atom is -0.339 e. The van der Waals surface area contributed by atoms with Crippen LogP contribution in [0, 0.1) is 0 Å². The van der Waals surface area contributed by atoms with Crippen LogP contribution < -0.4 is 0 Å². The lowest BCUT2D eigenvalue weighted by Crippen LogP contribution is -2.31. The van der Waals surface area contributed by atoms with Crippen molar-refractivity contribution in [2.24, 2.45) is 0 Å². The van der Waals surface area contributed by atoms with E-state index in [1.54, 1.807) is 30.5 Å². The van der Waals surface area contributed by atoms with Crippen LogP contribution in [0.25, 0.3) is 0 Å². The number of hydrogen-bond acceptors (Lipinski definition) is 2. The van der Waals surface area contributed by atoms with E-state index in [2.05, 4.69) is 24.3 Å². The molecule has 0 saturated carbocycles. The first-order chi connectivity index (χ1) is 11.6. The van der Waals surface area contributed by atoms with Crippen molar-refractivity contribution < 1.29 is 9.00 Å². The molecule has 0 aliphatic carbocycles. The molecule has 126 valence electrons. The molecule has 3 rings (SSSR count). The first kappa shape index (κ1) is 16.9. The molecule has 2 aromatic carbocycles. The van der Waals surface area contributed by atoms with E-state index in [0.717, 1.165) is 37.2 Å². The number of likely N-dealkylation sites (tertiary alicyclic amines) is 1. The van der Waals surface area contributed by atoms with Gasteiger partial charge in [0.1, 0.15) is 0 Å². The van der Waals surface area contributed by atoms with Gasteiger partial charge in [0, 0.05) is 40.6 Å². The molecule has 2 unspecified atom stereocenters. The third-order valence-corrected chi connectivity index (χ3v) is 5.66. The molecule has 0 spiro atoms. The van der Waals surface area contributed by atoms with E-state index in [1.165, 1.54) is 5.56 Å². The maximum absolute atomic E-state index is 12.7. The minimum atomic E-state index is -1.01. The second kappa shape index (κ2) is 7.75.